The van der Waals surface area contributed by atoms with Crippen molar-refractivity contribution in [3.8, 4) is 5.75 Å². The van der Waals surface area contributed by atoms with E-state index in [1.54, 1.807) is 17.2 Å². The minimum absolute atomic E-state index is 0.410. The Bertz CT molecular complexity index is 741. The molecule has 0 atom stereocenters. The second-order valence-electron chi connectivity index (χ2n) is 4.32. The smallest absolute Gasteiger partial charge is 0.134 e. The Kier molecular flexibility index (Phi) is 3.64. The van der Waals surface area contributed by atoms with Crippen LogP contribution in [0.25, 0.3) is 10.9 Å². The second kappa shape index (κ2) is 5.58. The van der Waals surface area contributed by atoms with Crippen LogP contribution in [0.5, 0.6) is 5.75 Å². The van der Waals surface area contributed by atoms with E-state index in [-0.39, 0.29) is 0 Å². The van der Waals surface area contributed by atoms with Crippen LogP contribution >= 0.6 is 15.9 Å². The first kappa shape index (κ1) is 13.1. The largest absolute Gasteiger partial charge is 0.487 e. The van der Waals surface area contributed by atoms with Crippen molar-refractivity contribution in [2.45, 2.75) is 20.1 Å². The Morgan fingerprint density at radius 2 is 2.15 bits per heavy atom. The molecule has 0 unspecified atom stereocenters. The van der Waals surface area contributed by atoms with Crippen molar-refractivity contribution in [2.24, 2.45) is 0 Å². The molecule has 0 saturated carbocycles. The number of aryl methyl sites for hydroxylation is 1. The first-order valence-corrected chi connectivity index (χ1v) is 7.11. The number of hydrogen-bond donors (Lipinski definition) is 0. The van der Waals surface area contributed by atoms with E-state index in [2.05, 4.69) is 31.1 Å². The maximum Gasteiger partial charge on any atom is 0.134 e. The van der Waals surface area contributed by atoms with Gasteiger partial charge in [0, 0.05) is 16.1 Å². The Balaban J connectivity index is 1.76. The van der Waals surface area contributed by atoms with Crippen LogP contribution in [0, 0.1) is 0 Å². The summed E-state index contributed by atoms with van der Waals surface area (Å²) in [5, 5.41) is 9.43. The van der Waals surface area contributed by atoms with Crippen molar-refractivity contribution in [3.63, 3.8) is 0 Å². The van der Waals surface area contributed by atoms with Gasteiger partial charge in [0.25, 0.3) is 0 Å². The highest BCUT2D eigenvalue weighted by atomic mass is 79.9. The van der Waals surface area contributed by atoms with E-state index < -0.39 is 0 Å². The number of halogens is 1. The monoisotopic (exact) mass is 332 g/mol. The molecule has 102 valence electrons. The second-order valence-corrected chi connectivity index (χ2v) is 5.24. The third-order valence-corrected chi connectivity index (χ3v) is 3.31. The molecule has 0 aliphatic rings. The van der Waals surface area contributed by atoms with Gasteiger partial charge in [-0.2, -0.15) is 15.0 Å². The van der Waals surface area contributed by atoms with E-state index >= 15 is 0 Å². The number of benzene rings is 1. The Morgan fingerprint density at radius 1 is 1.25 bits per heavy atom. The summed E-state index contributed by atoms with van der Waals surface area (Å²) < 4.78 is 6.69. The number of fused-ring (bicyclic) bond motifs is 1. The van der Waals surface area contributed by atoms with Gasteiger partial charge < -0.3 is 4.74 Å². The lowest BCUT2D eigenvalue weighted by atomic mass is 10.2. The maximum atomic E-state index is 5.74. The number of rotatable bonds is 4. The molecule has 3 aromatic rings. The van der Waals surface area contributed by atoms with Crippen LogP contribution in [0.2, 0.25) is 0 Å². The summed E-state index contributed by atoms with van der Waals surface area (Å²) in [6.07, 6.45) is 3.51. The third kappa shape index (κ3) is 2.80. The quantitative estimate of drug-likeness (QED) is 0.736. The number of pyridine rings is 1. The number of nitrogens with zero attached hydrogens (tertiary/aromatic N) is 4. The molecule has 2 aromatic heterocycles. The Morgan fingerprint density at radius 3 is 2.95 bits per heavy atom. The molecule has 0 N–H and O–H groups in total. The first-order chi connectivity index (χ1) is 9.74. The van der Waals surface area contributed by atoms with Gasteiger partial charge >= 0.3 is 0 Å². The van der Waals surface area contributed by atoms with E-state index in [4.69, 9.17) is 4.74 Å². The summed E-state index contributed by atoms with van der Waals surface area (Å²) in [7, 11) is 0. The fraction of sp³-hybridized carbons (Fsp3) is 0.214. The Labute approximate surface area is 124 Å². The number of hydrogen-bond acceptors (Lipinski definition) is 4. The van der Waals surface area contributed by atoms with Gasteiger partial charge in [-0.3, -0.25) is 4.98 Å². The van der Waals surface area contributed by atoms with Crippen molar-refractivity contribution in [2.75, 3.05) is 0 Å². The van der Waals surface area contributed by atoms with E-state index in [9.17, 15) is 0 Å². The predicted octanol–water partition coefficient (Wildman–Crippen LogP) is 3.19. The normalized spacial score (nSPS) is 10.9. The average Bonchev–Trinajstić information content (AvgIpc) is 2.92. The van der Waals surface area contributed by atoms with Gasteiger partial charge in [-0.1, -0.05) is 0 Å². The lowest BCUT2D eigenvalue weighted by molar-refractivity contribution is 0.300. The minimum atomic E-state index is 0.410. The summed E-state index contributed by atoms with van der Waals surface area (Å²) in [5.74, 6) is 0.795. The molecule has 3 rings (SSSR count). The molecular weight excluding hydrogens is 320 g/mol. The van der Waals surface area contributed by atoms with Crippen molar-refractivity contribution < 1.29 is 4.74 Å². The van der Waals surface area contributed by atoms with Crippen LogP contribution in [0.1, 0.15) is 12.6 Å². The molecule has 0 aliphatic heterocycles. The lowest BCUT2D eigenvalue weighted by Gasteiger charge is -2.05. The molecule has 6 heteroatoms. The zero-order chi connectivity index (χ0) is 13.9. The Hall–Kier alpha value is -1.95. The summed E-state index contributed by atoms with van der Waals surface area (Å²) >= 11 is 3.42. The van der Waals surface area contributed by atoms with Gasteiger partial charge in [0.2, 0.25) is 0 Å². The van der Waals surface area contributed by atoms with Gasteiger partial charge in [0.15, 0.2) is 0 Å². The highest BCUT2D eigenvalue weighted by Gasteiger charge is 2.03. The van der Waals surface area contributed by atoms with Crippen LogP contribution in [0.4, 0.5) is 0 Å². The fourth-order valence-electron chi connectivity index (χ4n) is 1.88. The zero-order valence-corrected chi connectivity index (χ0v) is 12.5. The third-order valence-electron chi connectivity index (χ3n) is 2.87. The molecule has 0 radical (unpaired) electrons. The summed E-state index contributed by atoms with van der Waals surface area (Å²) in [6, 6.07) is 7.84. The highest BCUT2D eigenvalue weighted by Crippen LogP contribution is 2.22. The molecule has 0 bridgehead atoms. The SMILES string of the molecule is CCn1ncc(COc2ccc3ncc(Br)cc3c2)n1. The molecule has 0 amide bonds. The molecule has 0 spiro atoms. The topological polar surface area (TPSA) is 52.8 Å². The van der Waals surface area contributed by atoms with E-state index in [0.29, 0.717) is 6.61 Å². The van der Waals surface area contributed by atoms with Crippen LogP contribution in [-0.2, 0) is 13.2 Å². The maximum absolute atomic E-state index is 5.74. The zero-order valence-electron chi connectivity index (χ0n) is 11.0. The molecule has 0 fully saturated rings. The van der Waals surface area contributed by atoms with Crippen molar-refractivity contribution in [3.05, 3.63) is 46.8 Å². The summed E-state index contributed by atoms with van der Waals surface area (Å²) in [6.45, 7) is 3.17. The van der Waals surface area contributed by atoms with Crippen LogP contribution in [-0.4, -0.2) is 20.0 Å². The van der Waals surface area contributed by atoms with Crippen molar-refractivity contribution in [1.29, 1.82) is 0 Å². The minimum Gasteiger partial charge on any atom is -0.487 e. The van der Waals surface area contributed by atoms with Gasteiger partial charge in [-0.25, -0.2) is 0 Å². The van der Waals surface area contributed by atoms with E-state index in [1.807, 2.05) is 31.2 Å². The average molecular weight is 333 g/mol. The molecule has 2 heterocycles. The predicted molar refractivity (Wildman–Crippen MR) is 79.5 cm³/mol. The standard InChI is InChI=1S/C14H13BrN4O/c1-2-19-17-8-12(18-19)9-20-13-3-4-14-10(6-13)5-11(15)7-16-14/h3-8H,2,9H2,1H3. The van der Waals surface area contributed by atoms with Gasteiger partial charge in [-0.15, -0.1) is 0 Å². The summed E-state index contributed by atoms with van der Waals surface area (Å²) in [4.78, 5) is 5.97. The fourth-order valence-corrected chi connectivity index (χ4v) is 2.23. The molecule has 1 aromatic carbocycles. The van der Waals surface area contributed by atoms with Crippen LogP contribution in [0.15, 0.2) is 41.1 Å². The number of aromatic nitrogens is 4. The highest BCUT2D eigenvalue weighted by molar-refractivity contribution is 9.10. The molecule has 5 nitrogen and oxygen atoms in total. The first-order valence-electron chi connectivity index (χ1n) is 6.32. The van der Waals surface area contributed by atoms with Crippen molar-refractivity contribution >= 4 is 26.8 Å². The number of ether oxygens (including phenoxy) is 1. The molecular formula is C14H13BrN4O. The van der Waals surface area contributed by atoms with Crippen molar-refractivity contribution in [1.82, 2.24) is 20.0 Å². The van der Waals surface area contributed by atoms with Gasteiger partial charge in [-0.05, 0) is 47.1 Å². The molecule has 20 heavy (non-hydrogen) atoms. The van der Waals surface area contributed by atoms with Gasteiger partial charge in [0.1, 0.15) is 18.1 Å². The molecule has 0 aliphatic carbocycles. The van der Waals surface area contributed by atoms with Gasteiger partial charge in [0.05, 0.1) is 18.3 Å². The van der Waals surface area contributed by atoms with E-state index in [1.165, 1.54) is 0 Å². The lowest BCUT2D eigenvalue weighted by Crippen LogP contribution is -2.01. The van der Waals surface area contributed by atoms with Crippen LogP contribution in [0.3, 0.4) is 0 Å². The molecule has 0 saturated heterocycles. The van der Waals surface area contributed by atoms with Crippen LogP contribution < -0.4 is 4.74 Å². The summed E-state index contributed by atoms with van der Waals surface area (Å²) in [5.41, 5.74) is 1.76. The van der Waals surface area contributed by atoms with E-state index in [0.717, 1.165) is 33.4 Å².